The van der Waals surface area contributed by atoms with Crippen LogP contribution in [0, 0.1) is 11.6 Å². The Morgan fingerprint density at radius 3 is 2.71 bits per heavy atom. The Morgan fingerprint density at radius 2 is 2.18 bits per heavy atom. The van der Waals surface area contributed by atoms with Gasteiger partial charge in [0.15, 0.2) is 0 Å². The van der Waals surface area contributed by atoms with Crippen LogP contribution in [0.5, 0.6) is 0 Å². The van der Waals surface area contributed by atoms with Crippen LogP contribution in [0.4, 0.5) is 8.78 Å². The van der Waals surface area contributed by atoms with E-state index < -0.39 is 30.1 Å². The predicted molar refractivity (Wildman–Crippen MR) is 58.4 cm³/mol. The summed E-state index contributed by atoms with van der Waals surface area (Å²) in [5.41, 5.74) is -0.388. The normalized spacial score (nSPS) is 11.9. The number of amides is 1. The number of benzene rings is 1. The lowest BCUT2D eigenvalue weighted by Crippen LogP contribution is -2.38. The van der Waals surface area contributed by atoms with Crippen molar-refractivity contribution < 1.29 is 23.5 Å². The van der Waals surface area contributed by atoms with Gasteiger partial charge in [0.05, 0.1) is 4.47 Å². The van der Waals surface area contributed by atoms with Crippen molar-refractivity contribution in [3.05, 3.63) is 33.8 Å². The summed E-state index contributed by atoms with van der Waals surface area (Å²) in [6.07, 6.45) is -0.294. The summed E-state index contributed by atoms with van der Waals surface area (Å²) in [6.45, 7) is 0. The smallest absolute Gasteiger partial charge is 0.326 e. The average molecular weight is 308 g/mol. The second kappa shape index (κ2) is 5.72. The number of carboxylic acid groups (broad SMARTS) is 1. The molecule has 17 heavy (non-hydrogen) atoms. The van der Waals surface area contributed by atoms with E-state index >= 15 is 0 Å². The number of rotatable bonds is 5. The molecule has 0 spiro atoms. The molecule has 1 amide bonds. The molecule has 1 aromatic rings. The van der Waals surface area contributed by atoms with Gasteiger partial charge in [0.2, 0.25) is 6.41 Å². The molecule has 1 atom stereocenters. The molecule has 0 aliphatic carbocycles. The van der Waals surface area contributed by atoms with Gasteiger partial charge < -0.3 is 10.4 Å². The summed E-state index contributed by atoms with van der Waals surface area (Å²) in [5.74, 6) is -3.09. The molecule has 2 N–H and O–H groups in total. The second-order valence-electron chi connectivity index (χ2n) is 3.20. The van der Waals surface area contributed by atoms with E-state index in [0.29, 0.717) is 0 Å². The molecular weight excluding hydrogens is 300 g/mol. The highest BCUT2D eigenvalue weighted by Crippen LogP contribution is 2.22. The van der Waals surface area contributed by atoms with Crippen molar-refractivity contribution in [2.75, 3.05) is 0 Å². The van der Waals surface area contributed by atoms with Crippen LogP contribution in [0.15, 0.2) is 16.6 Å². The molecule has 1 unspecified atom stereocenters. The minimum absolute atomic E-state index is 0.0316. The van der Waals surface area contributed by atoms with Crippen molar-refractivity contribution in [1.82, 2.24) is 5.32 Å². The molecule has 0 saturated heterocycles. The zero-order valence-corrected chi connectivity index (χ0v) is 10.0. The van der Waals surface area contributed by atoms with E-state index in [1.54, 1.807) is 0 Å². The Bertz CT molecular complexity index is 453. The average Bonchev–Trinajstić information content (AvgIpc) is 2.28. The lowest BCUT2D eigenvalue weighted by atomic mass is 10.0. The number of hydrogen-bond acceptors (Lipinski definition) is 2. The summed E-state index contributed by atoms with van der Waals surface area (Å²) < 4.78 is 26.9. The molecule has 0 saturated carbocycles. The number of nitrogens with one attached hydrogen (secondary N) is 1. The van der Waals surface area contributed by atoms with E-state index in [2.05, 4.69) is 15.9 Å². The number of aliphatic carboxylic acids is 1. The second-order valence-corrected chi connectivity index (χ2v) is 4.06. The van der Waals surface area contributed by atoms with Crippen LogP contribution < -0.4 is 5.32 Å². The number of carbonyl (C=O) groups excluding carboxylic acids is 1. The zero-order valence-electron chi connectivity index (χ0n) is 8.41. The molecule has 92 valence electrons. The van der Waals surface area contributed by atoms with E-state index in [4.69, 9.17) is 5.11 Å². The van der Waals surface area contributed by atoms with Crippen molar-refractivity contribution in [1.29, 1.82) is 0 Å². The minimum atomic E-state index is -1.37. The third-order valence-electron chi connectivity index (χ3n) is 2.11. The maximum absolute atomic E-state index is 13.5. The third-order valence-corrected chi connectivity index (χ3v) is 2.73. The predicted octanol–water partition coefficient (Wildman–Crippen LogP) is 1.47. The molecule has 0 fully saturated rings. The first kappa shape index (κ1) is 13.6. The fraction of sp³-hybridized carbons (Fsp3) is 0.200. The fourth-order valence-corrected chi connectivity index (χ4v) is 1.63. The van der Waals surface area contributed by atoms with Crippen molar-refractivity contribution >= 4 is 28.3 Å². The van der Waals surface area contributed by atoms with Crippen molar-refractivity contribution in [2.24, 2.45) is 0 Å². The van der Waals surface area contributed by atoms with Gasteiger partial charge in [-0.05, 0) is 28.1 Å². The molecule has 0 radical (unpaired) electrons. The van der Waals surface area contributed by atoms with Gasteiger partial charge in [-0.3, -0.25) is 4.79 Å². The Labute approximate surface area is 104 Å². The molecule has 0 bridgehead atoms. The summed E-state index contributed by atoms with van der Waals surface area (Å²) in [6, 6.07) is 0.824. The largest absolute Gasteiger partial charge is 0.480 e. The first-order chi connectivity index (χ1) is 7.97. The van der Waals surface area contributed by atoms with Gasteiger partial charge in [0, 0.05) is 12.0 Å². The van der Waals surface area contributed by atoms with Gasteiger partial charge in [-0.1, -0.05) is 0 Å². The molecule has 4 nitrogen and oxygen atoms in total. The highest BCUT2D eigenvalue weighted by atomic mass is 79.9. The van der Waals surface area contributed by atoms with Crippen LogP contribution in [-0.2, 0) is 16.0 Å². The maximum Gasteiger partial charge on any atom is 0.326 e. The highest BCUT2D eigenvalue weighted by molar-refractivity contribution is 9.10. The number of carboxylic acids is 1. The fourth-order valence-electron chi connectivity index (χ4n) is 1.26. The van der Waals surface area contributed by atoms with Gasteiger partial charge in [0.1, 0.15) is 17.7 Å². The van der Waals surface area contributed by atoms with Crippen LogP contribution in [0.25, 0.3) is 0 Å². The molecular formula is C10H8BrF2NO3. The standard InChI is InChI=1S/C10H8BrF2NO3/c11-6-1-2-7(12)5(9(6)13)3-8(10(16)17)14-4-15/h1-2,4,8H,3H2,(H,14,15)(H,16,17). The monoisotopic (exact) mass is 307 g/mol. The number of carbonyl (C=O) groups is 2. The molecule has 0 aliphatic rings. The van der Waals surface area contributed by atoms with Gasteiger partial charge >= 0.3 is 5.97 Å². The van der Waals surface area contributed by atoms with Gasteiger partial charge in [-0.2, -0.15) is 0 Å². The number of halogens is 3. The van der Waals surface area contributed by atoms with Gasteiger partial charge in [0.25, 0.3) is 0 Å². The van der Waals surface area contributed by atoms with Gasteiger partial charge in [-0.15, -0.1) is 0 Å². The van der Waals surface area contributed by atoms with Crippen LogP contribution >= 0.6 is 15.9 Å². The SMILES string of the molecule is O=CNC(Cc1c(F)ccc(Br)c1F)C(=O)O. The Hall–Kier alpha value is -1.50. The molecule has 1 rings (SSSR count). The first-order valence-corrected chi connectivity index (χ1v) is 5.31. The van der Waals surface area contributed by atoms with Gasteiger partial charge in [-0.25, -0.2) is 13.6 Å². The van der Waals surface area contributed by atoms with E-state index in [1.165, 1.54) is 6.07 Å². The Balaban J connectivity index is 3.04. The molecule has 0 heterocycles. The van der Waals surface area contributed by atoms with E-state index in [9.17, 15) is 18.4 Å². The quantitative estimate of drug-likeness (QED) is 0.639. The molecule has 1 aromatic carbocycles. The summed E-state index contributed by atoms with van der Waals surface area (Å²) in [7, 11) is 0. The van der Waals surface area contributed by atoms with E-state index in [0.717, 1.165) is 6.07 Å². The molecule has 0 aromatic heterocycles. The molecule has 0 aliphatic heterocycles. The van der Waals surface area contributed by atoms with E-state index in [1.807, 2.05) is 5.32 Å². The van der Waals surface area contributed by atoms with E-state index in [-0.39, 0.29) is 16.4 Å². The highest BCUT2D eigenvalue weighted by Gasteiger charge is 2.22. The van der Waals surface area contributed by atoms with Crippen LogP contribution in [0.3, 0.4) is 0 Å². The van der Waals surface area contributed by atoms with Crippen molar-refractivity contribution in [3.8, 4) is 0 Å². The topological polar surface area (TPSA) is 66.4 Å². The van der Waals surface area contributed by atoms with Crippen LogP contribution in [0.2, 0.25) is 0 Å². The minimum Gasteiger partial charge on any atom is -0.480 e. The van der Waals surface area contributed by atoms with Crippen molar-refractivity contribution in [3.63, 3.8) is 0 Å². The third kappa shape index (κ3) is 3.23. The Kier molecular flexibility index (Phi) is 4.56. The summed E-state index contributed by atoms with van der Waals surface area (Å²) in [4.78, 5) is 20.9. The first-order valence-electron chi connectivity index (χ1n) is 4.52. The van der Waals surface area contributed by atoms with Crippen LogP contribution in [0.1, 0.15) is 5.56 Å². The number of hydrogen-bond donors (Lipinski definition) is 2. The lowest BCUT2D eigenvalue weighted by Gasteiger charge is -2.12. The van der Waals surface area contributed by atoms with Crippen LogP contribution in [-0.4, -0.2) is 23.5 Å². The molecule has 7 heteroatoms. The Morgan fingerprint density at radius 1 is 1.53 bits per heavy atom. The summed E-state index contributed by atoms with van der Waals surface area (Å²) >= 11 is 2.87. The maximum atomic E-state index is 13.5. The summed E-state index contributed by atoms with van der Waals surface area (Å²) in [5, 5.41) is 10.7. The lowest BCUT2D eigenvalue weighted by molar-refractivity contribution is -0.140. The van der Waals surface area contributed by atoms with Crippen molar-refractivity contribution in [2.45, 2.75) is 12.5 Å². The zero-order chi connectivity index (χ0) is 13.0.